The number of halogens is 1. The summed E-state index contributed by atoms with van der Waals surface area (Å²) in [7, 11) is 0. The Labute approximate surface area is 105 Å². The van der Waals surface area contributed by atoms with Crippen LogP contribution in [0.15, 0.2) is 12.1 Å². The molecule has 1 aromatic carbocycles. The second-order valence-electron chi connectivity index (χ2n) is 4.48. The number of rotatable bonds is 1. The van der Waals surface area contributed by atoms with Gasteiger partial charge in [-0.2, -0.15) is 0 Å². The van der Waals surface area contributed by atoms with Crippen molar-refractivity contribution in [2.24, 2.45) is 5.84 Å². The number of nitrogens with one attached hydrogen (secondary N) is 1. The van der Waals surface area contributed by atoms with Gasteiger partial charge in [0, 0.05) is 16.1 Å². The van der Waals surface area contributed by atoms with Crippen molar-refractivity contribution in [3.05, 3.63) is 34.0 Å². The number of nitrogens with zero attached hydrogens (tertiary/aromatic N) is 1. The SMILES string of the molecule is Cc1c(Cl)ccc2c(NN)c3c(nc12)CCC3. The van der Waals surface area contributed by atoms with Crippen LogP contribution >= 0.6 is 11.6 Å². The van der Waals surface area contributed by atoms with Gasteiger partial charge in [-0.1, -0.05) is 11.6 Å². The molecular weight excluding hydrogens is 234 g/mol. The number of hydrogen-bond acceptors (Lipinski definition) is 3. The molecule has 3 nitrogen and oxygen atoms in total. The molecule has 3 N–H and O–H groups in total. The van der Waals surface area contributed by atoms with Crippen LogP contribution in [0.1, 0.15) is 23.2 Å². The van der Waals surface area contributed by atoms with Gasteiger partial charge in [-0.05, 0) is 49.4 Å². The fourth-order valence-corrected chi connectivity index (χ4v) is 2.76. The highest BCUT2D eigenvalue weighted by Gasteiger charge is 2.20. The van der Waals surface area contributed by atoms with Gasteiger partial charge in [0.2, 0.25) is 0 Å². The molecule has 3 rings (SSSR count). The van der Waals surface area contributed by atoms with Crippen molar-refractivity contribution in [1.82, 2.24) is 4.98 Å². The number of aromatic nitrogens is 1. The summed E-state index contributed by atoms with van der Waals surface area (Å²) in [5.74, 6) is 5.67. The van der Waals surface area contributed by atoms with Crippen LogP contribution in [0.3, 0.4) is 0 Å². The van der Waals surface area contributed by atoms with Gasteiger partial charge in [0.25, 0.3) is 0 Å². The first-order chi connectivity index (χ1) is 8.22. The van der Waals surface area contributed by atoms with Crippen molar-refractivity contribution in [3.63, 3.8) is 0 Å². The molecule has 0 spiro atoms. The van der Waals surface area contributed by atoms with Crippen LogP contribution < -0.4 is 11.3 Å². The van der Waals surface area contributed by atoms with Crippen molar-refractivity contribution >= 4 is 28.2 Å². The second-order valence-corrected chi connectivity index (χ2v) is 4.89. The van der Waals surface area contributed by atoms with E-state index in [1.807, 2.05) is 19.1 Å². The maximum atomic E-state index is 6.14. The number of pyridine rings is 1. The van der Waals surface area contributed by atoms with Gasteiger partial charge >= 0.3 is 0 Å². The molecule has 4 heteroatoms. The zero-order chi connectivity index (χ0) is 12.0. The van der Waals surface area contributed by atoms with Crippen LogP contribution in [0.25, 0.3) is 10.9 Å². The third kappa shape index (κ3) is 1.50. The standard InChI is InChI=1S/C13H14ClN3/c1-7-10(14)6-5-9-12(7)16-11-4-2-3-8(11)13(9)17-15/h5-6H,2-4,15H2,1H3,(H,16,17). The van der Waals surface area contributed by atoms with E-state index in [2.05, 4.69) is 5.43 Å². The summed E-state index contributed by atoms with van der Waals surface area (Å²) >= 11 is 6.14. The molecule has 88 valence electrons. The van der Waals surface area contributed by atoms with Crippen LogP contribution in [0, 0.1) is 6.92 Å². The average Bonchev–Trinajstić information content (AvgIpc) is 2.79. The Balaban J connectivity index is 2.44. The Morgan fingerprint density at radius 3 is 2.94 bits per heavy atom. The normalized spacial score (nSPS) is 14.1. The average molecular weight is 248 g/mol. The summed E-state index contributed by atoms with van der Waals surface area (Å²) in [6.07, 6.45) is 3.24. The molecule has 0 fully saturated rings. The van der Waals surface area contributed by atoms with Crippen molar-refractivity contribution < 1.29 is 0 Å². The predicted molar refractivity (Wildman–Crippen MR) is 71.3 cm³/mol. The Hall–Kier alpha value is -1.32. The molecule has 0 saturated heterocycles. The minimum atomic E-state index is 0.755. The van der Waals surface area contributed by atoms with E-state index < -0.39 is 0 Å². The van der Waals surface area contributed by atoms with Gasteiger partial charge in [-0.15, -0.1) is 0 Å². The molecule has 1 aromatic heterocycles. The molecule has 0 amide bonds. The van der Waals surface area contributed by atoms with Gasteiger partial charge in [0.15, 0.2) is 0 Å². The summed E-state index contributed by atoms with van der Waals surface area (Å²) in [6, 6.07) is 3.90. The number of nitrogens with two attached hydrogens (primary N) is 1. The molecule has 0 bridgehead atoms. The highest BCUT2D eigenvalue weighted by atomic mass is 35.5. The first-order valence-electron chi connectivity index (χ1n) is 5.79. The van der Waals surface area contributed by atoms with Crippen LogP contribution in [0.4, 0.5) is 5.69 Å². The molecule has 0 aliphatic heterocycles. The number of aryl methyl sites for hydroxylation is 2. The molecule has 1 aliphatic carbocycles. The van der Waals surface area contributed by atoms with Gasteiger partial charge in [-0.25, -0.2) is 0 Å². The van der Waals surface area contributed by atoms with Crippen LogP contribution in [-0.2, 0) is 12.8 Å². The first kappa shape index (κ1) is 10.8. The molecular formula is C13H14ClN3. The van der Waals surface area contributed by atoms with E-state index in [1.165, 1.54) is 5.56 Å². The molecule has 0 unspecified atom stereocenters. The monoisotopic (exact) mass is 247 g/mol. The number of benzene rings is 1. The molecule has 2 aromatic rings. The molecule has 17 heavy (non-hydrogen) atoms. The minimum Gasteiger partial charge on any atom is -0.323 e. The van der Waals surface area contributed by atoms with Gasteiger partial charge in [0.05, 0.1) is 11.2 Å². The zero-order valence-corrected chi connectivity index (χ0v) is 10.4. The topological polar surface area (TPSA) is 50.9 Å². The fourth-order valence-electron chi connectivity index (χ4n) is 2.60. The Bertz CT molecular complexity index is 607. The summed E-state index contributed by atoms with van der Waals surface area (Å²) in [4.78, 5) is 4.74. The lowest BCUT2D eigenvalue weighted by Gasteiger charge is -2.13. The minimum absolute atomic E-state index is 0.755. The quantitative estimate of drug-likeness (QED) is 0.602. The van der Waals surface area contributed by atoms with Crippen molar-refractivity contribution in [3.8, 4) is 0 Å². The van der Waals surface area contributed by atoms with E-state index in [4.69, 9.17) is 22.4 Å². The van der Waals surface area contributed by atoms with E-state index in [1.54, 1.807) is 0 Å². The van der Waals surface area contributed by atoms with Crippen molar-refractivity contribution in [2.75, 3.05) is 5.43 Å². The van der Waals surface area contributed by atoms with E-state index in [-0.39, 0.29) is 0 Å². The third-order valence-electron chi connectivity index (χ3n) is 3.52. The molecule has 1 aliphatic rings. The summed E-state index contributed by atoms with van der Waals surface area (Å²) in [5, 5.41) is 1.82. The summed E-state index contributed by atoms with van der Waals surface area (Å²) in [5.41, 5.74) is 8.27. The van der Waals surface area contributed by atoms with Gasteiger partial charge in [0.1, 0.15) is 0 Å². The van der Waals surface area contributed by atoms with E-state index in [0.29, 0.717) is 0 Å². The second kappa shape index (κ2) is 3.86. The van der Waals surface area contributed by atoms with E-state index in [0.717, 1.165) is 52.1 Å². The number of hydrazine groups is 1. The molecule has 1 heterocycles. The molecule has 0 radical (unpaired) electrons. The maximum absolute atomic E-state index is 6.14. The number of hydrogen-bond donors (Lipinski definition) is 2. The predicted octanol–water partition coefficient (Wildman–Crippen LogP) is 2.97. The Kier molecular flexibility index (Phi) is 2.45. The van der Waals surface area contributed by atoms with Crippen molar-refractivity contribution in [1.29, 1.82) is 0 Å². The van der Waals surface area contributed by atoms with Crippen LogP contribution in [0.2, 0.25) is 5.02 Å². The highest BCUT2D eigenvalue weighted by molar-refractivity contribution is 6.32. The fraction of sp³-hybridized carbons (Fsp3) is 0.308. The maximum Gasteiger partial charge on any atom is 0.0770 e. The Morgan fingerprint density at radius 2 is 2.18 bits per heavy atom. The van der Waals surface area contributed by atoms with Gasteiger partial charge in [-0.3, -0.25) is 10.8 Å². The molecule has 0 saturated carbocycles. The number of fused-ring (bicyclic) bond motifs is 2. The van der Waals surface area contributed by atoms with E-state index >= 15 is 0 Å². The largest absolute Gasteiger partial charge is 0.323 e. The lowest BCUT2D eigenvalue weighted by Crippen LogP contribution is -2.11. The summed E-state index contributed by atoms with van der Waals surface area (Å²) in [6.45, 7) is 2.00. The Morgan fingerprint density at radius 1 is 1.35 bits per heavy atom. The van der Waals surface area contributed by atoms with Crippen LogP contribution in [0.5, 0.6) is 0 Å². The zero-order valence-electron chi connectivity index (χ0n) is 9.68. The van der Waals surface area contributed by atoms with Crippen LogP contribution in [-0.4, -0.2) is 4.98 Å². The number of nitrogen functional groups attached to an aromatic ring is 1. The number of anilines is 1. The first-order valence-corrected chi connectivity index (χ1v) is 6.17. The smallest absolute Gasteiger partial charge is 0.0770 e. The third-order valence-corrected chi connectivity index (χ3v) is 3.93. The van der Waals surface area contributed by atoms with Gasteiger partial charge < -0.3 is 5.43 Å². The van der Waals surface area contributed by atoms with E-state index in [9.17, 15) is 0 Å². The highest BCUT2D eigenvalue weighted by Crippen LogP contribution is 2.36. The lowest BCUT2D eigenvalue weighted by molar-refractivity contribution is 0.901. The van der Waals surface area contributed by atoms with Crippen molar-refractivity contribution in [2.45, 2.75) is 26.2 Å². The summed E-state index contributed by atoms with van der Waals surface area (Å²) < 4.78 is 0. The molecule has 0 atom stereocenters. The lowest BCUT2D eigenvalue weighted by atomic mass is 10.0.